The first-order chi connectivity index (χ1) is 14.3. The first kappa shape index (κ1) is 21.6. The van der Waals surface area contributed by atoms with E-state index in [1.54, 1.807) is 18.2 Å². The summed E-state index contributed by atoms with van der Waals surface area (Å²) in [6.45, 7) is -0.324. The van der Waals surface area contributed by atoms with Gasteiger partial charge >= 0.3 is 0 Å². The van der Waals surface area contributed by atoms with Crippen molar-refractivity contribution in [2.75, 3.05) is 17.3 Å². The van der Waals surface area contributed by atoms with Crippen LogP contribution in [0.2, 0.25) is 0 Å². The van der Waals surface area contributed by atoms with Crippen LogP contribution >= 0.6 is 0 Å². The van der Waals surface area contributed by atoms with Crippen LogP contribution in [0.25, 0.3) is 0 Å². The van der Waals surface area contributed by atoms with Gasteiger partial charge in [0.05, 0.1) is 17.8 Å². The molecule has 0 amide bonds. The Hall–Kier alpha value is -3.11. The number of nitrogens with one attached hydrogen (secondary N) is 2. The fourth-order valence-electron chi connectivity index (χ4n) is 2.71. The van der Waals surface area contributed by atoms with Crippen LogP contribution < -0.4 is 15.8 Å². The molecule has 0 saturated carbocycles. The number of anilines is 4. The van der Waals surface area contributed by atoms with Gasteiger partial charge in [-0.2, -0.15) is 4.98 Å². The van der Waals surface area contributed by atoms with E-state index in [0.29, 0.717) is 17.8 Å². The zero-order valence-corrected chi connectivity index (χ0v) is 16.8. The molecule has 0 aliphatic heterocycles. The largest absolute Gasteiger partial charge is 0.338 e. The molecular weight excluding hydrogens is 412 g/mol. The summed E-state index contributed by atoms with van der Waals surface area (Å²) in [5, 5.41) is 10.8. The Bertz CT molecular complexity index is 1110. The Balaban J connectivity index is 1.73. The van der Waals surface area contributed by atoms with Crippen LogP contribution in [0.1, 0.15) is 18.4 Å². The van der Waals surface area contributed by atoms with E-state index in [1.165, 1.54) is 18.2 Å². The molecule has 30 heavy (non-hydrogen) atoms. The van der Waals surface area contributed by atoms with Gasteiger partial charge in [0.2, 0.25) is 16.0 Å². The number of sulfonamides is 1. The molecule has 4 N–H and O–H groups in total. The van der Waals surface area contributed by atoms with Crippen LogP contribution in [0.3, 0.4) is 0 Å². The smallest absolute Gasteiger partial charge is 0.238 e. The van der Waals surface area contributed by atoms with E-state index in [4.69, 9.17) is 5.14 Å². The van der Waals surface area contributed by atoms with E-state index < -0.39 is 15.8 Å². The number of hydrogen-bond donors (Lipinski definition) is 3. The number of nitrogens with zero attached hydrogens (tertiary/aromatic N) is 2. The van der Waals surface area contributed by atoms with Crippen LogP contribution in [0.4, 0.5) is 31.9 Å². The molecule has 0 bridgehead atoms. The monoisotopic (exact) mass is 433 g/mol. The minimum atomic E-state index is -3.86. The van der Waals surface area contributed by atoms with E-state index in [-0.39, 0.29) is 23.3 Å². The maximum atomic E-state index is 14.2. The molecule has 10 heteroatoms. The zero-order chi connectivity index (χ0) is 21.6. The van der Waals surface area contributed by atoms with Crippen molar-refractivity contribution in [3.63, 3.8) is 0 Å². The summed E-state index contributed by atoms with van der Waals surface area (Å²) in [6, 6.07) is 13.2. The highest BCUT2D eigenvalue weighted by Gasteiger charge is 2.11. The first-order valence-corrected chi connectivity index (χ1v) is 10.7. The highest BCUT2D eigenvalue weighted by Crippen LogP contribution is 2.22. The Morgan fingerprint density at radius 2 is 1.77 bits per heavy atom. The molecule has 3 rings (SSSR count). The normalized spacial score (nSPS) is 11.3. The quantitative estimate of drug-likeness (QED) is 0.439. The van der Waals surface area contributed by atoms with Crippen LogP contribution in [0.5, 0.6) is 0 Å². The van der Waals surface area contributed by atoms with Gasteiger partial charge in [0.1, 0.15) is 0 Å². The van der Waals surface area contributed by atoms with E-state index in [2.05, 4.69) is 20.6 Å². The van der Waals surface area contributed by atoms with Crippen molar-refractivity contribution in [3.05, 3.63) is 66.1 Å². The summed E-state index contributed by atoms with van der Waals surface area (Å²) in [7, 11) is -3.86. The number of rotatable bonds is 9. The highest BCUT2D eigenvalue weighted by atomic mass is 32.2. The maximum Gasteiger partial charge on any atom is 0.238 e. The molecule has 1 heterocycles. The van der Waals surface area contributed by atoms with E-state index in [1.807, 2.05) is 12.1 Å². The highest BCUT2D eigenvalue weighted by molar-refractivity contribution is 7.89. The van der Waals surface area contributed by atoms with Gasteiger partial charge < -0.3 is 10.6 Å². The average Bonchev–Trinajstić information content (AvgIpc) is 2.71. The lowest BCUT2D eigenvalue weighted by atomic mass is 10.1. The summed E-state index contributed by atoms with van der Waals surface area (Å²) in [5.74, 6) is -0.612. The van der Waals surface area contributed by atoms with Crippen molar-refractivity contribution in [3.8, 4) is 0 Å². The number of halogens is 2. The van der Waals surface area contributed by atoms with Gasteiger partial charge in [-0.15, -0.1) is 0 Å². The van der Waals surface area contributed by atoms with Crippen molar-refractivity contribution in [2.24, 2.45) is 5.14 Å². The molecule has 0 fully saturated rings. The Morgan fingerprint density at radius 3 is 2.47 bits per heavy atom. The van der Waals surface area contributed by atoms with E-state index in [0.717, 1.165) is 24.6 Å². The lowest BCUT2D eigenvalue weighted by Crippen LogP contribution is -2.12. The molecule has 0 saturated heterocycles. The molecule has 158 valence electrons. The van der Waals surface area contributed by atoms with Crippen LogP contribution in [-0.4, -0.2) is 25.1 Å². The second-order valence-corrected chi connectivity index (χ2v) is 8.12. The first-order valence-electron chi connectivity index (χ1n) is 9.19. The molecule has 0 spiro atoms. The number of primary sulfonamides is 1. The zero-order valence-electron chi connectivity index (χ0n) is 16.0. The molecular formula is C20H21F2N5O2S. The SMILES string of the molecule is NS(=O)(=O)c1cccc(Nc2ncc(F)c(Nc3ccc(CCCCF)cc3)n2)c1. The summed E-state index contributed by atoms with van der Waals surface area (Å²) >= 11 is 0. The summed E-state index contributed by atoms with van der Waals surface area (Å²) < 4.78 is 49.3. The lowest BCUT2D eigenvalue weighted by molar-refractivity contribution is 0.462. The number of hydrogen-bond acceptors (Lipinski definition) is 6. The number of benzene rings is 2. The number of nitrogens with two attached hydrogens (primary N) is 1. The van der Waals surface area contributed by atoms with Crippen LogP contribution in [-0.2, 0) is 16.4 Å². The van der Waals surface area contributed by atoms with Gasteiger partial charge in [0, 0.05) is 11.4 Å². The molecule has 3 aromatic rings. The van der Waals surface area contributed by atoms with Gasteiger partial charge in [-0.1, -0.05) is 18.2 Å². The second kappa shape index (κ2) is 9.59. The molecule has 0 aliphatic rings. The molecule has 2 aromatic carbocycles. The Morgan fingerprint density at radius 1 is 1.00 bits per heavy atom. The second-order valence-electron chi connectivity index (χ2n) is 6.56. The van der Waals surface area contributed by atoms with Crippen molar-refractivity contribution in [1.82, 2.24) is 9.97 Å². The van der Waals surface area contributed by atoms with E-state index >= 15 is 0 Å². The van der Waals surface area contributed by atoms with Gasteiger partial charge in [0.25, 0.3) is 0 Å². The van der Waals surface area contributed by atoms with Gasteiger partial charge in [0.15, 0.2) is 11.6 Å². The van der Waals surface area contributed by atoms with Crippen LogP contribution in [0.15, 0.2) is 59.6 Å². The summed E-state index contributed by atoms with van der Waals surface area (Å²) in [4.78, 5) is 7.91. The fraction of sp³-hybridized carbons (Fsp3) is 0.200. The lowest BCUT2D eigenvalue weighted by Gasteiger charge is -2.10. The third-order valence-electron chi connectivity index (χ3n) is 4.23. The van der Waals surface area contributed by atoms with Gasteiger partial charge in [-0.3, -0.25) is 4.39 Å². The number of alkyl halides is 1. The fourth-order valence-corrected chi connectivity index (χ4v) is 3.27. The van der Waals surface area contributed by atoms with Gasteiger partial charge in [-0.25, -0.2) is 22.9 Å². The molecule has 0 aliphatic carbocycles. The van der Waals surface area contributed by atoms with Crippen molar-refractivity contribution in [2.45, 2.75) is 24.2 Å². The number of unbranched alkanes of at least 4 members (excludes halogenated alkanes) is 1. The predicted molar refractivity (Wildman–Crippen MR) is 112 cm³/mol. The number of aromatic nitrogens is 2. The Kier molecular flexibility index (Phi) is 6.91. The standard InChI is InChI=1S/C20H21F2N5O2S/c21-11-2-1-4-14-7-9-15(10-8-14)25-19-18(22)13-24-20(27-19)26-16-5-3-6-17(12-16)30(23,28)29/h3,5-10,12-13H,1-2,4,11H2,(H2,23,28,29)(H2,24,25,26,27). The Labute approximate surface area is 173 Å². The number of aryl methyl sites for hydroxylation is 1. The molecule has 0 atom stereocenters. The molecule has 1 aromatic heterocycles. The van der Waals surface area contributed by atoms with E-state index in [9.17, 15) is 17.2 Å². The molecule has 0 radical (unpaired) electrons. The molecule has 7 nitrogen and oxygen atoms in total. The predicted octanol–water partition coefficient (Wildman–Crippen LogP) is 4.04. The summed E-state index contributed by atoms with van der Waals surface area (Å²) in [5.41, 5.74) is 2.08. The van der Waals surface area contributed by atoms with Crippen molar-refractivity contribution < 1.29 is 17.2 Å². The van der Waals surface area contributed by atoms with Crippen molar-refractivity contribution >= 4 is 33.2 Å². The maximum absolute atomic E-state index is 14.2. The molecule has 0 unspecified atom stereocenters. The van der Waals surface area contributed by atoms with Crippen molar-refractivity contribution in [1.29, 1.82) is 0 Å². The topological polar surface area (TPSA) is 110 Å². The van der Waals surface area contributed by atoms with Crippen LogP contribution in [0, 0.1) is 5.82 Å². The van der Waals surface area contributed by atoms with Gasteiger partial charge in [-0.05, 0) is 55.2 Å². The minimum absolute atomic E-state index is 0.0414. The average molecular weight is 433 g/mol. The minimum Gasteiger partial charge on any atom is -0.338 e. The third kappa shape index (κ3) is 5.94. The third-order valence-corrected chi connectivity index (χ3v) is 5.14. The summed E-state index contributed by atoms with van der Waals surface area (Å²) in [6.07, 6.45) is 3.08.